The van der Waals surface area contributed by atoms with E-state index in [4.69, 9.17) is 0 Å². The first-order chi connectivity index (χ1) is 11.9. The van der Waals surface area contributed by atoms with Crippen molar-refractivity contribution in [3.8, 4) is 11.8 Å². The Labute approximate surface area is 153 Å². The zero-order chi connectivity index (χ0) is 18.1. The summed E-state index contributed by atoms with van der Waals surface area (Å²) in [5, 5.41) is 0. The lowest BCUT2D eigenvalue weighted by Crippen LogP contribution is -2.38. The second kappa shape index (κ2) is 7.00. The minimum atomic E-state index is 0.381. The van der Waals surface area contributed by atoms with Gasteiger partial charge in [-0.1, -0.05) is 42.2 Å². The number of aryl methyl sites for hydroxylation is 3. The summed E-state index contributed by atoms with van der Waals surface area (Å²) in [6, 6.07) is 4.61. The van der Waals surface area contributed by atoms with Gasteiger partial charge in [0.25, 0.3) is 0 Å². The molecular formula is C23H30N2. The van der Waals surface area contributed by atoms with E-state index in [0.717, 1.165) is 25.9 Å². The predicted octanol–water partition coefficient (Wildman–Crippen LogP) is 5.10. The van der Waals surface area contributed by atoms with Crippen LogP contribution in [-0.2, 0) is 0 Å². The first-order valence-electron chi connectivity index (χ1n) is 9.40. The van der Waals surface area contributed by atoms with E-state index in [2.05, 4.69) is 81.4 Å². The Balaban J connectivity index is 2.00. The minimum Gasteiger partial charge on any atom is -0.349 e. The smallest absolute Gasteiger partial charge is 0.102 e. The van der Waals surface area contributed by atoms with E-state index in [1.54, 1.807) is 0 Å². The molecule has 2 nitrogen and oxygen atoms in total. The highest BCUT2D eigenvalue weighted by molar-refractivity contribution is 5.62. The Morgan fingerprint density at radius 2 is 1.64 bits per heavy atom. The molecule has 1 atom stereocenters. The van der Waals surface area contributed by atoms with Gasteiger partial charge in [-0.05, 0) is 63.7 Å². The molecule has 25 heavy (non-hydrogen) atoms. The fourth-order valence-corrected chi connectivity index (χ4v) is 4.42. The van der Waals surface area contributed by atoms with Gasteiger partial charge in [0.2, 0.25) is 0 Å². The van der Waals surface area contributed by atoms with Crippen molar-refractivity contribution in [1.29, 1.82) is 0 Å². The molecule has 0 bridgehead atoms. The molecule has 1 aromatic carbocycles. The van der Waals surface area contributed by atoms with Crippen LogP contribution in [0.5, 0.6) is 0 Å². The molecule has 3 rings (SSSR count). The molecule has 0 amide bonds. The Hall–Kier alpha value is -2.14. The zero-order valence-corrected chi connectivity index (χ0v) is 16.5. The normalized spacial score (nSPS) is 20.4. The van der Waals surface area contributed by atoms with Crippen molar-refractivity contribution in [2.45, 2.75) is 60.5 Å². The van der Waals surface area contributed by atoms with Crippen LogP contribution in [0.1, 0.15) is 50.3 Å². The lowest BCUT2D eigenvalue weighted by molar-refractivity contribution is 0.323. The summed E-state index contributed by atoms with van der Waals surface area (Å²) in [7, 11) is 0. The van der Waals surface area contributed by atoms with Gasteiger partial charge in [-0.3, -0.25) is 0 Å². The molecule has 2 aliphatic rings. The SMILES string of the molecule is CCC1N(C2=C(C)C=C(C)CC#C2)CCN1c1c(C)cc(C)cc1C. The molecule has 2 heteroatoms. The summed E-state index contributed by atoms with van der Waals surface area (Å²) in [4.78, 5) is 5.11. The van der Waals surface area contributed by atoms with Crippen molar-refractivity contribution >= 4 is 5.69 Å². The maximum atomic E-state index is 3.46. The third-order valence-electron chi connectivity index (χ3n) is 5.29. The van der Waals surface area contributed by atoms with Crippen molar-refractivity contribution < 1.29 is 0 Å². The van der Waals surface area contributed by atoms with Crippen molar-refractivity contribution in [1.82, 2.24) is 4.90 Å². The summed E-state index contributed by atoms with van der Waals surface area (Å²) in [6.07, 6.45) is 4.64. The number of rotatable bonds is 3. The van der Waals surface area contributed by atoms with Gasteiger partial charge < -0.3 is 9.80 Å². The zero-order valence-electron chi connectivity index (χ0n) is 16.5. The summed E-state index contributed by atoms with van der Waals surface area (Å²) < 4.78 is 0. The molecule has 0 N–H and O–H groups in total. The van der Waals surface area contributed by atoms with Crippen molar-refractivity contribution in [2.24, 2.45) is 0 Å². The Morgan fingerprint density at radius 1 is 1.00 bits per heavy atom. The van der Waals surface area contributed by atoms with Crippen LogP contribution in [-0.4, -0.2) is 24.2 Å². The molecule has 1 fully saturated rings. The van der Waals surface area contributed by atoms with Gasteiger partial charge in [-0.2, -0.15) is 0 Å². The molecule has 0 saturated carbocycles. The second-order valence-corrected chi connectivity index (χ2v) is 7.52. The fraction of sp³-hybridized carbons (Fsp3) is 0.478. The van der Waals surface area contributed by atoms with Gasteiger partial charge in [0, 0.05) is 25.2 Å². The van der Waals surface area contributed by atoms with E-state index >= 15 is 0 Å². The maximum Gasteiger partial charge on any atom is 0.102 e. The number of hydrogen-bond donors (Lipinski definition) is 0. The molecule has 0 aromatic heterocycles. The van der Waals surface area contributed by atoms with Gasteiger partial charge in [-0.25, -0.2) is 0 Å². The highest BCUT2D eigenvalue weighted by Gasteiger charge is 2.33. The second-order valence-electron chi connectivity index (χ2n) is 7.52. The average molecular weight is 335 g/mol. The molecule has 1 aliphatic heterocycles. The van der Waals surface area contributed by atoms with E-state index in [1.165, 1.54) is 39.2 Å². The van der Waals surface area contributed by atoms with Crippen LogP contribution in [0, 0.1) is 32.6 Å². The summed E-state index contributed by atoms with van der Waals surface area (Å²) in [5.41, 5.74) is 9.39. The maximum absolute atomic E-state index is 3.46. The highest BCUT2D eigenvalue weighted by atomic mass is 15.4. The standard InChI is InChI=1S/C23H30N2/c1-7-22-24(21-10-8-9-16(2)13-18(21)4)11-12-25(22)23-19(5)14-17(3)15-20(23)6/h13-15,22H,7,9,11-12H2,1-6H3. The van der Waals surface area contributed by atoms with Crippen LogP contribution in [0.3, 0.4) is 0 Å². The molecule has 132 valence electrons. The quantitative estimate of drug-likeness (QED) is 0.710. The Kier molecular flexibility index (Phi) is 4.95. The molecule has 0 spiro atoms. The van der Waals surface area contributed by atoms with E-state index in [1.807, 2.05) is 0 Å². The van der Waals surface area contributed by atoms with Crippen LogP contribution in [0.25, 0.3) is 0 Å². The monoisotopic (exact) mass is 334 g/mol. The topological polar surface area (TPSA) is 6.48 Å². The number of hydrogen-bond acceptors (Lipinski definition) is 2. The Bertz CT molecular complexity index is 778. The number of benzene rings is 1. The Morgan fingerprint density at radius 3 is 2.28 bits per heavy atom. The highest BCUT2D eigenvalue weighted by Crippen LogP contribution is 2.34. The first-order valence-corrected chi connectivity index (χ1v) is 9.40. The predicted molar refractivity (Wildman–Crippen MR) is 108 cm³/mol. The van der Waals surface area contributed by atoms with Crippen molar-refractivity contribution in [3.05, 3.63) is 51.7 Å². The van der Waals surface area contributed by atoms with Crippen LogP contribution in [0.2, 0.25) is 0 Å². The first kappa shape index (κ1) is 17.7. The lowest BCUT2D eigenvalue weighted by Gasteiger charge is -2.34. The largest absolute Gasteiger partial charge is 0.349 e. The van der Waals surface area contributed by atoms with Crippen molar-refractivity contribution in [3.63, 3.8) is 0 Å². The molecule has 1 aromatic rings. The van der Waals surface area contributed by atoms with E-state index in [0.29, 0.717) is 6.17 Å². The summed E-state index contributed by atoms with van der Waals surface area (Å²) in [6.45, 7) is 15.4. The van der Waals surface area contributed by atoms with Crippen LogP contribution in [0.15, 0.2) is 35.1 Å². The minimum absolute atomic E-state index is 0.381. The molecule has 0 radical (unpaired) electrons. The van der Waals surface area contributed by atoms with Gasteiger partial charge in [0.05, 0.1) is 5.70 Å². The third kappa shape index (κ3) is 3.33. The van der Waals surface area contributed by atoms with E-state index in [-0.39, 0.29) is 0 Å². The number of allylic oxidation sites excluding steroid dienone is 4. The molecule has 1 unspecified atom stereocenters. The summed E-state index contributed by atoms with van der Waals surface area (Å²) in [5.74, 6) is 6.80. The van der Waals surface area contributed by atoms with Gasteiger partial charge in [-0.15, -0.1) is 0 Å². The molecule has 1 aliphatic carbocycles. The van der Waals surface area contributed by atoms with E-state index < -0.39 is 0 Å². The fourth-order valence-electron chi connectivity index (χ4n) is 4.42. The van der Waals surface area contributed by atoms with Crippen LogP contribution < -0.4 is 4.90 Å². The van der Waals surface area contributed by atoms with Gasteiger partial charge in [0.15, 0.2) is 0 Å². The van der Waals surface area contributed by atoms with Gasteiger partial charge >= 0.3 is 0 Å². The average Bonchev–Trinajstić information content (AvgIpc) is 2.85. The van der Waals surface area contributed by atoms with Gasteiger partial charge in [0.1, 0.15) is 6.17 Å². The third-order valence-corrected chi connectivity index (χ3v) is 5.29. The molecule has 1 heterocycles. The number of anilines is 1. The van der Waals surface area contributed by atoms with Crippen LogP contribution >= 0.6 is 0 Å². The summed E-state index contributed by atoms with van der Waals surface area (Å²) >= 11 is 0. The van der Waals surface area contributed by atoms with E-state index in [9.17, 15) is 0 Å². The van der Waals surface area contributed by atoms with Crippen LogP contribution in [0.4, 0.5) is 5.69 Å². The van der Waals surface area contributed by atoms with Crippen molar-refractivity contribution in [2.75, 3.05) is 18.0 Å². The lowest BCUT2D eigenvalue weighted by atomic mass is 10.0. The molecular weight excluding hydrogens is 304 g/mol. The molecule has 1 saturated heterocycles. The number of nitrogens with zero attached hydrogens (tertiary/aromatic N) is 2.